The van der Waals surface area contributed by atoms with E-state index in [0.29, 0.717) is 22.4 Å². The van der Waals surface area contributed by atoms with E-state index in [1.807, 2.05) is 0 Å². The molecule has 31 heavy (non-hydrogen) atoms. The van der Waals surface area contributed by atoms with E-state index in [2.05, 4.69) is 15.6 Å². The number of benzene rings is 2. The largest absolute Gasteiger partial charge is 0.442 e. The molecule has 2 heterocycles. The van der Waals surface area contributed by atoms with Crippen molar-refractivity contribution >= 4 is 35.3 Å². The Balaban J connectivity index is 1.50. The number of carbonyl (C=O) groups is 4. The van der Waals surface area contributed by atoms with Crippen molar-refractivity contribution in [3.8, 4) is 11.1 Å². The fourth-order valence-corrected chi connectivity index (χ4v) is 3.29. The molecule has 2 aromatic rings. The van der Waals surface area contributed by atoms with Crippen molar-refractivity contribution in [2.45, 2.75) is 13.0 Å². The van der Waals surface area contributed by atoms with Gasteiger partial charge in [0.25, 0.3) is 0 Å². The second-order valence-corrected chi connectivity index (χ2v) is 7.01. The van der Waals surface area contributed by atoms with Gasteiger partial charge in [0.2, 0.25) is 5.91 Å². The van der Waals surface area contributed by atoms with Crippen molar-refractivity contribution in [3.05, 3.63) is 53.8 Å². The van der Waals surface area contributed by atoms with Crippen LogP contribution in [-0.4, -0.2) is 48.8 Å². The number of hydrogen-bond acceptors (Lipinski definition) is 5. The Morgan fingerprint density at radius 1 is 1.19 bits per heavy atom. The summed E-state index contributed by atoms with van der Waals surface area (Å²) >= 11 is 0. The quantitative estimate of drug-likeness (QED) is 0.703. The molecule has 2 aromatic carbocycles. The van der Waals surface area contributed by atoms with Gasteiger partial charge in [0.15, 0.2) is 0 Å². The summed E-state index contributed by atoms with van der Waals surface area (Å²) < 4.78 is 20.0. The third kappa shape index (κ3) is 4.13. The lowest BCUT2D eigenvalue weighted by Gasteiger charge is -2.14. The molecule has 2 aliphatic rings. The van der Waals surface area contributed by atoms with Crippen LogP contribution in [0.1, 0.15) is 12.5 Å². The maximum Gasteiger partial charge on any atom is 0.414 e. The maximum absolute atomic E-state index is 14.8. The SMILES string of the molecule is CC(=O)NC[C@H]1CN(c2ccc(-c3ccc(C4=NC(=O)C(=O)N4)cc3)c(F)c2)C(=O)O1. The van der Waals surface area contributed by atoms with Crippen molar-refractivity contribution in [1.82, 2.24) is 10.6 Å². The number of aliphatic imine (C=N–C) groups is 1. The first-order chi connectivity index (χ1) is 14.8. The van der Waals surface area contributed by atoms with Gasteiger partial charge in [0, 0.05) is 18.1 Å². The van der Waals surface area contributed by atoms with Crippen molar-refractivity contribution in [2.24, 2.45) is 4.99 Å². The van der Waals surface area contributed by atoms with E-state index in [4.69, 9.17) is 4.74 Å². The Morgan fingerprint density at radius 3 is 2.52 bits per heavy atom. The predicted molar refractivity (Wildman–Crippen MR) is 108 cm³/mol. The summed E-state index contributed by atoms with van der Waals surface area (Å²) in [6, 6.07) is 10.9. The van der Waals surface area contributed by atoms with Gasteiger partial charge >= 0.3 is 17.9 Å². The van der Waals surface area contributed by atoms with E-state index < -0.39 is 29.8 Å². The fraction of sp³-hybridized carbons (Fsp3) is 0.190. The number of rotatable bonds is 5. The zero-order valence-electron chi connectivity index (χ0n) is 16.3. The number of cyclic esters (lactones) is 1. The molecule has 0 bridgehead atoms. The molecule has 1 saturated heterocycles. The van der Waals surface area contributed by atoms with Crippen molar-refractivity contribution < 1.29 is 28.3 Å². The van der Waals surface area contributed by atoms with Gasteiger partial charge in [-0.15, -0.1) is 0 Å². The topological polar surface area (TPSA) is 117 Å². The summed E-state index contributed by atoms with van der Waals surface area (Å²) in [7, 11) is 0. The second-order valence-electron chi connectivity index (χ2n) is 7.01. The molecule has 0 radical (unpaired) electrons. The number of hydrogen-bond donors (Lipinski definition) is 2. The molecule has 2 aliphatic heterocycles. The van der Waals surface area contributed by atoms with E-state index in [1.54, 1.807) is 36.4 Å². The normalized spacial score (nSPS) is 18.0. The first-order valence-corrected chi connectivity index (χ1v) is 9.39. The van der Waals surface area contributed by atoms with Gasteiger partial charge in [-0.25, -0.2) is 9.18 Å². The Morgan fingerprint density at radius 2 is 1.90 bits per heavy atom. The van der Waals surface area contributed by atoms with Crippen LogP contribution in [0.5, 0.6) is 0 Å². The smallest absolute Gasteiger partial charge is 0.414 e. The van der Waals surface area contributed by atoms with Gasteiger partial charge in [-0.3, -0.25) is 19.3 Å². The highest BCUT2D eigenvalue weighted by molar-refractivity contribution is 6.45. The van der Waals surface area contributed by atoms with Crippen LogP contribution >= 0.6 is 0 Å². The van der Waals surface area contributed by atoms with Gasteiger partial charge in [-0.1, -0.05) is 24.3 Å². The average Bonchev–Trinajstić information content (AvgIpc) is 3.28. The van der Waals surface area contributed by atoms with E-state index in [-0.39, 0.29) is 24.8 Å². The lowest BCUT2D eigenvalue weighted by atomic mass is 10.0. The van der Waals surface area contributed by atoms with Crippen LogP contribution in [0.3, 0.4) is 0 Å². The van der Waals surface area contributed by atoms with Crippen LogP contribution in [0.2, 0.25) is 0 Å². The number of amidine groups is 1. The second kappa shape index (κ2) is 7.98. The van der Waals surface area contributed by atoms with E-state index in [9.17, 15) is 23.6 Å². The minimum atomic E-state index is -0.861. The third-order valence-electron chi connectivity index (χ3n) is 4.83. The molecule has 2 N–H and O–H groups in total. The van der Waals surface area contributed by atoms with Crippen LogP contribution in [-0.2, 0) is 19.1 Å². The molecule has 1 fully saturated rings. The molecular formula is C21H17FN4O5. The molecule has 158 valence electrons. The Bertz CT molecular complexity index is 1130. The highest BCUT2D eigenvalue weighted by Crippen LogP contribution is 2.29. The van der Waals surface area contributed by atoms with Gasteiger partial charge in [-0.2, -0.15) is 4.99 Å². The summed E-state index contributed by atoms with van der Waals surface area (Å²) in [5.74, 6) is -2.27. The lowest BCUT2D eigenvalue weighted by Crippen LogP contribution is -2.33. The van der Waals surface area contributed by atoms with Gasteiger partial charge in [-0.05, 0) is 23.8 Å². The van der Waals surface area contributed by atoms with Crippen molar-refractivity contribution in [2.75, 3.05) is 18.0 Å². The molecular weight excluding hydrogens is 407 g/mol. The molecule has 1 atom stereocenters. The number of amides is 4. The van der Waals surface area contributed by atoms with Gasteiger partial charge < -0.3 is 15.4 Å². The van der Waals surface area contributed by atoms with Crippen molar-refractivity contribution in [1.29, 1.82) is 0 Å². The average molecular weight is 424 g/mol. The van der Waals surface area contributed by atoms with E-state index in [0.717, 1.165) is 0 Å². The molecule has 0 spiro atoms. The van der Waals surface area contributed by atoms with Crippen LogP contribution < -0.4 is 15.5 Å². The molecule has 0 unspecified atom stereocenters. The van der Waals surface area contributed by atoms with Crippen LogP contribution in [0, 0.1) is 5.82 Å². The highest BCUT2D eigenvalue weighted by atomic mass is 19.1. The summed E-state index contributed by atoms with van der Waals surface area (Å²) in [5.41, 5.74) is 1.74. The summed E-state index contributed by atoms with van der Waals surface area (Å²) in [6.07, 6.45) is -1.13. The molecule has 10 heteroatoms. The molecule has 0 aromatic heterocycles. The van der Waals surface area contributed by atoms with Crippen LogP contribution in [0.4, 0.5) is 14.9 Å². The van der Waals surface area contributed by atoms with Crippen molar-refractivity contribution in [3.63, 3.8) is 0 Å². The Kier molecular flexibility index (Phi) is 5.20. The van der Waals surface area contributed by atoms with Gasteiger partial charge in [0.05, 0.1) is 18.8 Å². The number of halogens is 1. The number of ether oxygens (including phenoxy) is 1. The number of anilines is 1. The molecule has 0 aliphatic carbocycles. The maximum atomic E-state index is 14.8. The van der Waals surface area contributed by atoms with E-state index >= 15 is 0 Å². The van der Waals surface area contributed by atoms with Crippen LogP contribution in [0.25, 0.3) is 11.1 Å². The molecule has 4 amide bonds. The molecule has 9 nitrogen and oxygen atoms in total. The molecule has 4 rings (SSSR count). The standard InChI is InChI=1S/C21H17FN4O5/c1-11(27)23-9-15-10-26(21(30)31-15)14-6-7-16(17(22)8-14)12-2-4-13(5-3-12)18-24-19(28)20(29)25-18/h2-8,15H,9-10H2,1H3,(H,23,27)(H,24,25,28,29)/t15-/m0/s1. The monoisotopic (exact) mass is 424 g/mol. The minimum absolute atomic E-state index is 0.152. The number of nitrogens with one attached hydrogen (secondary N) is 2. The lowest BCUT2D eigenvalue weighted by molar-refractivity contribution is -0.135. The minimum Gasteiger partial charge on any atom is -0.442 e. The number of carbonyl (C=O) groups excluding carboxylic acids is 4. The van der Waals surface area contributed by atoms with E-state index in [1.165, 1.54) is 17.9 Å². The first-order valence-electron chi connectivity index (χ1n) is 9.39. The zero-order valence-corrected chi connectivity index (χ0v) is 16.3. The molecule has 0 saturated carbocycles. The Labute approximate surface area is 175 Å². The summed E-state index contributed by atoms with van der Waals surface area (Å²) in [4.78, 5) is 50.6. The third-order valence-corrected chi connectivity index (χ3v) is 4.83. The Hall–Kier alpha value is -4.08. The highest BCUT2D eigenvalue weighted by Gasteiger charge is 2.32. The predicted octanol–water partition coefficient (Wildman–Crippen LogP) is 1.36. The number of nitrogens with zero attached hydrogens (tertiary/aromatic N) is 2. The zero-order chi connectivity index (χ0) is 22.1. The first kappa shape index (κ1) is 20.2. The van der Waals surface area contributed by atoms with Crippen LogP contribution in [0.15, 0.2) is 47.5 Å². The summed E-state index contributed by atoms with van der Waals surface area (Å²) in [6.45, 7) is 1.74. The summed E-state index contributed by atoms with van der Waals surface area (Å²) in [5, 5.41) is 4.95. The van der Waals surface area contributed by atoms with Gasteiger partial charge in [0.1, 0.15) is 17.8 Å². The fourth-order valence-electron chi connectivity index (χ4n) is 3.29.